The van der Waals surface area contributed by atoms with Crippen LogP contribution in [0.15, 0.2) is 33.6 Å². The van der Waals surface area contributed by atoms with E-state index in [1.54, 1.807) is 19.9 Å². The molecule has 5 nitrogen and oxygen atoms in total. The fourth-order valence-corrected chi connectivity index (χ4v) is 2.88. The van der Waals surface area contributed by atoms with Gasteiger partial charge in [-0.25, -0.2) is 0 Å². The predicted octanol–water partition coefficient (Wildman–Crippen LogP) is 3.44. The smallest absolute Gasteiger partial charge is 0.326 e. The summed E-state index contributed by atoms with van der Waals surface area (Å²) in [5.74, 6) is -1.07. The van der Waals surface area contributed by atoms with Crippen LogP contribution >= 0.6 is 27.7 Å². The molecule has 1 aromatic rings. The summed E-state index contributed by atoms with van der Waals surface area (Å²) < 4.78 is 5.88. The van der Waals surface area contributed by atoms with E-state index in [4.69, 9.17) is 4.74 Å². The van der Waals surface area contributed by atoms with E-state index in [0.29, 0.717) is 4.91 Å². The third-order valence-corrected chi connectivity index (χ3v) is 4.13. The van der Waals surface area contributed by atoms with E-state index in [2.05, 4.69) is 15.9 Å². The van der Waals surface area contributed by atoms with Gasteiger partial charge in [-0.1, -0.05) is 28.1 Å². The quantitative estimate of drug-likeness (QED) is 0.588. The van der Waals surface area contributed by atoms with Gasteiger partial charge in [-0.3, -0.25) is 19.3 Å². The average molecular weight is 384 g/mol. The summed E-state index contributed by atoms with van der Waals surface area (Å²) in [5, 5.41) is -0.464. The highest BCUT2D eigenvalue weighted by Gasteiger charge is 2.36. The first-order valence-corrected chi connectivity index (χ1v) is 8.18. The van der Waals surface area contributed by atoms with Gasteiger partial charge < -0.3 is 4.74 Å². The van der Waals surface area contributed by atoms with Gasteiger partial charge >= 0.3 is 5.97 Å². The second kappa shape index (κ2) is 7.11. The Labute approximate surface area is 140 Å². The van der Waals surface area contributed by atoms with Gasteiger partial charge in [0.25, 0.3) is 11.1 Å². The number of halogens is 1. The molecule has 0 aliphatic carbocycles. The van der Waals surface area contributed by atoms with Gasteiger partial charge in [0.15, 0.2) is 0 Å². The molecule has 1 fully saturated rings. The minimum atomic E-state index is -0.595. The average Bonchev–Trinajstić information content (AvgIpc) is 2.68. The first-order valence-electron chi connectivity index (χ1n) is 6.57. The fourth-order valence-electron chi connectivity index (χ4n) is 1.78. The van der Waals surface area contributed by atoms with E-state index in [1.165, 1.54) is 0 Å². The zero-order chi connectivity index (χ0) is 16.3. The Balaban J connectivity index is 2.11. The number of rotatable bonds is 4. The van der Waals surface area contributed by atoms with Crippen LogP contribution in [0.4, 0.5) is 4.79 Å². The summed E-state index contributed by atoms with van der Waals surface area (Å²) in [7, 11) is 0. The molecule has 0 saturated carbocycles. The highest BCUT2D eigenvalue weighted by atomic mass is 79.9. The molecule has 0 spiro atoms. The predicted molar refractivity (Wildman–Crippen MR) is 88.0 cm³/mol. The normalized spacial score (nSPS) is 16.7. The number of benzene rings is 1. The number of carbonyl (C=O) groups is 3. The summed E-state index contributed by atoms with van der Waals surface area (Å²) in [4.78, 5) is 36.9. The number of thioether (sulfide) groups is 1. The molecule has 1 aromatic carbocycles. The number of ether oxygens (including phenoxy) is 1. The summed E-state index contributed by atoms with van der Waals surface area (Å²) in [6, 6.07) is 7.34. The Morgan fingerprint density at radius 1 is 1.32 bits per heavy atom. The highest BCUT2D eigenvalue weighted by molar-refractivity contribution is 9.10. The van der Waals surface area contributed by atoms with Crippen LogP contribution in [0.1, 0.15) is 19.4 Å². The second-order valence-electron chi connectivity index (χ2n) is 4.86. The zero-order valence-corrected chi connectivity index (χ0v) is 14.4. The van der Waals surface area contributed by atoms with E-state index >= 15 is 0 Å². The van der Waals surface area contributed by atoms with Crippen molar-refractivity contribution in [1.29, 1.82) is 0 Å². The van der Waals surface area contributed by atoms with Gasteiger partial charge in [-0.05, 0) is 49.4 Å². The van der Waals surface area contributed by atoms with Crippen molar-refractivity contribution in [3.63, 3.8) is 0 Å². The highest BCUT2D eigenvalue weighted by Crippen LogP contribution is 2.32. The molecular weight excluding hydrogens is 370 g/mol. The van der Waals surface area contributed by atoms with Gasteiger partial charge in [0, 0.05) is 4.47 Å². The van der Waals surface area contributed by atoms with Crippen molar-refractivity contribution in [2.45, 2.75) is 20.0 Å². The number of carbonyl (C=O) groups excluding carboxylic acids is 3. The Morgan fingerprint density at radius 2 is 1.95 bits per heavy atom. The van der Waals surface area contributed by atoms with E-state index in [9.17, 15) is 14.4 Å². The Kier molecular flexibility index (Phi) is 5.42. The molecule has 1 heterocycles. The van der Waals surface area contributed by atoms with Crippen molar-refractivity contribution in [2.24, 2.45) is 0 Å². The van der Waals surface area contributed by atoms with Gasteiger partial charge in [0.1, 0.15) is 6.54 Å². The van der Waals surface area contributed by atoms with Crippen LogP contribution < -0.4 is 0 Å². The molecule has 0 aromatic heterocycles. The number of esters is 1. The zero-order valence-electron chi connectivity index (χ0n) is 12.0. The van der Waals surface area contributed by atoms with Crippen molar-refractivity contribution in [3.05, 3.63) is 39.2 Å². The molecule has 1 aliphatic heterocycles. The van der Waals surface area contributed by atoms with Crippen molar-refractivity contribution in [1.82, 2.24) is 4.90 Å². The van der Waals surface area contributed by atoms with Crippen molar-refractivity contribution < 1.29 is 19.1 Å². The molecular formula is C15H14BrNO4S. The number of hydrogen-bond donors (Lipinski definition) is 0. The number of nitrogens with zero attached hydrogens (tertiary/aromatic N) is 1. The lowest BCUT2D eigenvalue weighted by atomic mass is 10.2. The van der Waals surface area contributed by atoms with Crippen LogP contribution in [0.25, 0.3) is 6.08 Å². The lowest BCUT2D eigenvalue weighted by Crippen LogP contribution is -2.35. The Morgan fingerprint density at radius 3 is 2.55 bits per heavy atom. The van der Waals surface area contributed by atoms with E-state index in [0.717, 1.165) is 26.7 Å². The lowest BCUT2D eigenvalue weighted by Gasteiger charge is -2.13. The largest absolute Gasteiger partial charge is 0.462 e. The first-order chi connectivity index (χ1) is 10.4. The molecule has 0 radical (unpaired) electrons. The molecule has 0 unspecified atom stereocenters. The van der Waals surface area contributed by atoms with E-state index in [1.807, 2.05) is 24.3 Å². The molecule has 0 atom stereocenters. The van der Waals surface area contributed by atoms with Gasteiger partial charge in [0.2, 0.25) is 0 Å². The fraction of sp³-hybridized carbons (Fsp3) is 0.267. The SMILES string of the molecule is CC(C)OC(=O)CN1C(=O)S/C(=C/c2ccc(Br)cc2)C1=O. The minimum Gasteiger partial charge on any atom is -0.462 e. The Bertz CT molecular complexity index is 639. The lowest BCUT2D eigenvalue weighted by molar-refractivity contribution is -0.149. The maximum atomic E-state index is 12.2. The molecule has 7 heteroatoms. The van der Waals surface area contributed by atoms with Crippen LogP contribution in [0.5, 0.6) is 0 Å². The molecule has 0 bridgehead atoms. The third-order valence-electron chi connectivity index (χ3n) is 2.70. The van der Waals surface area contributed by atoms with Crippen LogP contribution in [0.3, 0.4) is 0 Å². The van der Waals surface area contributed by atoms with Gasteiger partial charge in [-0.2, -0.15) is 0 Å². The monoisotopic (exact) mass is 383 g/mol. The van der Waals surface area contributed by atoms with E-state index in [-0.39, 0.29) is 12.6 Å². The van der Waals surface area contributed by atoms with Crippen molar-refractivity contribution in [2.75, 3.05) is 6.54 Å². The van der Waals surface area contributed by atoms with Crippen LogP contribution in [-0.4, -0.2) is 34.7 Å². The molecule has 1 aliphatic rings. The number of imide groups is 1. The van der Waals surface area contributed by atoms with Crippen LogP contribution in [-0.2, 0) is 14.3 Å². The van der Waals surface area contributed by atoms with Gasteiger partial charge in [-0.15, -0.1) is 0 Å². The topological polar surface area (TPSA) is 63.7 Å². The maximum Gasteiger partial charge on any atom is 0.326 e. The standard InChI is InChI=1S/C15H14BrNO4S/c1-9(2)21-13(18)8-17-14(19)12(22-15(17)20)7-10-3-5-11(16)6-4-10/h3-7,9H,8H2,1-2H3/b12-7+. The first kappa shape index (κ1) is 16.8. The summed E-state index contributed by atoms with van der Waals surface area (Å²) in [5.41, 5.74) is 0.804. The summed E-state index contributed by atoms with van der Waals surface area (Å²) in [6.07, 6.45) is 1.34. The third kappa shape index (κ3) is 4.20. The molecule has 116 valence electrons. The van der Waals surface area contributed by atoms with Crippen LogP contribution in [0, 0.1) is 0 Å². The van der Waals surface area contributed by atoms with Gasteiger partial charge in [0.05, 0.1) is 11.0 Å². The Hall–Kier alpha value is -1.60. The molecule has 2 rings (SSSR count). The molecule has 1 saturated heterocycles. The number of amides is 2. The maximum absolute atomic E-state index is 12.2. The molecule has 22 heavy (non-hydrogen) atoms. The minimum absolute atomic E-state index is 0.286. The molecule has 2 amide bonds. The summed E-state index contributed by atoms with van der Waals surface area (Å²) >= 11 is 4.15. The van der Waals surface area contributed by atoms with E-state index < -0.39 is 17.1 Å². The second-order valence-corrected chi connectivity index (χ2v) is 6.77. The number of hydrogen-bond acceptors (Lipinski definition) is 5. The summed E-state index contributed by atoms with van der Waals surface area (Å²) in [6.45, 7) is 3.05. The van der Waals surface area contributed by atoms with Crippen LogP contribution in [0.2, 0.25) is 0 Å². The molecule has 0 N–H and O–H groups in total. The van der Waals surface area contributed by atoms with Crippen molar-refractivity contribution in [3.8, 4) is 0 Å². The van der Waals surface area contributed by atoms with Crippen molar-refractivity contribution >= 4 is 50.9 Å².